The van der Waals surface area contributed by atoms with Gasteiger partial charge in [-0.05, 0) is 57.4 Å². The van der Waals surface area contributed by atoms with E-state index in [9.17, 15) is 0 Å². The van der Waals surface area contributed by atoms with Crippen LogP contribution in [0.25, 0.3) is 0 Å². The van der Waals surface area contributed by atoms with Crippen molar-refractivity contribution in [3.8, 4) is 17.2 Å². The molecule has 0 aliphatic heterocycles. The van der Waals surface area contributed by atoms with Crippen LogP contribution in [0.1, 0.15) is 16.7 Å². The Kier molecular flexibility index (Phi) is 7.81. The highest BCUT2D eigenvalue weighted by Crippen LogP contribution is 2.37. The van der Waals surface area contributed by atoms with Crippen molar-refractivity contribution in [1.82, 2.24) is 5.32 Å². The number of hydrogen-bond donors (Lipinski definition) is 1. The number of methoxy groups -OCH3 is 2. The van der Waals surface area contributed by atoms with Gasteiger partial charge in [0.05, 0.1) is 18.7 Å². The number of para-hydroxylation sites is 1. The average molecular weight is 477 g/mol. The van der Waals surface area contributed by atoms with Gasteiger partial charge in [-0.2, -0.15) is 0 Å². The Morgan fingerprint density at radius 3 is 2.41 bits per heavy atom. The molecule has 3 rings (SSSR count). The van der Waals surface area contributed by atoms with Gasteiger partial charge in [-0.15, -0.1) is 0 Å². The summed E-state index contributed by atoms with van der Waals surface area (Å²) in [6, 6.07) is 19.6. The Labute approximate surface area is 184 Å². The fraction of sp³-hybridized carbons (Fsp3) is 0.217. The minimum atomic E-state index is 0.404. The first-order valence-electron chi connectivity index (χ1n) is 9.17. The number of hydrogen-bond acceptors (Lipinski definition) is 4. The SMILES string of the molecule is COc1ccccc1CNCc1cc(Br)c(OCc2cccc(Cl)c2)c(OC)c1. The number of benzene rings is 3. The topological polar surface area (TPSA) is 39.7 Å². The van der Waals surface area contributed by atoms with Gasteiger partial charge >= 0.3 is 0 Å². The molecule has 0 atom stereocenters. The van der Waals surface area contributed by atoms with E-state index in [4.69, 9.17) is 25.8 Å². The van der Waals surface area contributed by atoms with E-state index in [0.29, 0.717) is 36.2 Å². The summed E-state index contributed by atoms with van der Waals surface area (Å²) in [5, 5.41) is 4.13. The molecule has 0 spiro atoms. The van der Waals surface area contributed by atoms with E-state index in [-0.39, 0.29) is 0 Å². The zero-order valence-electron chi connectivity index (χ0n) is 16.4. The number of rotatable bonds is 9. The summed E-state index contributed by atoms with van der Waals surface area (Å²) in [6.07, 6.45) is 0. The summed E-state index contributed by atoms with van der Waals surface area (Å²) in [6.45, 7) is 1.79. The van der Waals surface area contributed by atoms with Crippen molar-refractivity contribution in [3.63, 3.8) is 0 Å². The maximum Gasteiger partial charge on any atom is 0.175 e. The summed E-state index contributed by atoms with van der Waals surface area (Å²) >= 11 is 9.65. The van der Waals surface area contributed by atoms with E-state index in [0.717, 1.165) is 26.9 Å². The second-order valence-electron chi connectivity index (χ2n) is 6.44. The van der Waals surface area contributed by atoms with Crippen LogP contribution in [0.2, 0.25) is 5.02 Å². The number of halogens is 2. The molecule has 0 saturated carbocycles. The van der Waals surface area contributed by atoms with Crippen LogP contribution in [0.4, 0.5) is 0 Å². The molecule has 3 aromatic carbocycles. The Morgan fingerprint density at radius 2 is 1.66 bits per heavy atom. The van der Waals surface area contributed by atoms with Crippen LogP contribution in [0, 0.1) is 0 Å². The van der Waals surface area contributed by atoms with Crippen molar-refractivity contribution in [1.29, 1.82) is 0 Å². The Balaban J connectivity index is 1.66. The smallest absolute Gasteiger partial charge is 0.175 e. The van der Waals surface area contributed by atoms with Gasteiger partial charge in [-0.3, -0.25) is 0 Å². The monoisotopic (exact) mass is 475 g/mol. The summed E-state index contributed by atoms with van der Waals surface area (Å²) in [4.78, 5) is 0. The first kappa shape index (κ1) is 21.5. The highest BCUT2D eigenvalue weighted by atomic mass is 79.9. The van der Waals surface area contributed by atoms with Gasteiger partial charge in [-0.25, -0.2) is 0 Å². The van der Waals surface area contributed by atoms with Crippen molar-refractivity contribution in [2.45, 2.75) is 19.7 Å². The molecule has 6 heteroatoms. The lowest BCUT2D eigenvalue weighted by Gasteiger charge is -2.15. The van der Waals surface area contributed by atoms with E-state index >= 15 is 0 Å². The molecule has 0 saturated heterocycles. The molecule has 0 unspecified atom stereocenters. The van der Waals surface area contributed by atoms with Crippen molar-refractivity contribution in [2.75, 3.05) is 14.2 Å². The second-order valence-corrected chi connectivity index (χ2v) is 7.73. The molecule has 0 radical (unpaired) electrons. The maximum absolute atomic E-state index is 6.04. The molecule has 1 N–H and O–H groups in total. The third kappa shape index (κ3) is 5.89. The van der Waals surface area contributed by atoms with Crippen molar-refractivity contribution < 1.29 is 14.2 Å². The predicted octanol–water partition coefficient (Wildman–Crippen LogP) is 5.99. The van der Waals surface area contributed by atoms with E-state index in [2.05, 4.69) is 27.3 Å². The molecule has 0 aromatic heterocycles. The van der Waals surface area contributed by atoms with E-state index in [1.165, 1.54) is 0 Å². The van der Waals surface area contributed by atoms with Gasteiger partial charge in [0.1, 0.15) is 12.4 Å². The van der Waals surface area contributed by atoms with E-state index < -0.39 is 0 Å². The van der Waals surface area contributed by atoms with Crippen LogP contribution in [0.15, 0.2) is 65.1 Å². The Bertz CT molecular complexity index is 965. The lowest BCUT2D eigenvalue weighted by molar-refractivity contribution is 0.282. The van der Waals surface area contributed by atoms with Crippen LogP contribution in [-0.2, 0) is 19.7 Å². The second kappa shape index (κ2) is 10.5. The molecule has 4 nitrogen and oxygen atoms in total. The molecule has 29 heavy (non-hydrogen) atoms. The quantitative estimate of drug-likeness (QED) is 0.412. The summed E-state index contributed by atoms with van der Waals surface area (Å²) < 4.78 is 17.8. The molecule has 0 aliphatic carbocycles. The molecule has 0 amide bonds. The first-order valence-corrected chi connectivity index (χ1v) is 10.3. The van der Waals surface area contributed by atoms with Crippen LogP contribution < -0.4 is 19.5 Å². The third-order valence-corrected chi connectivity index (χ3v) is 5.22. The van der Waals surface area contributed by atoms with Gasteiger partial charge in [0.2, 0.25) is 0 Å². The van der Waals surface area contributed by atoms with E-state index in [1.807, 2.05) is 54.6 Å². The molecular formula is C23H23BrClNO3. The normalized spacial score (nSPS) is 10.6. The molecule has 3 aromatic rings. The summed E-state index contributed by atoms with van der Waals surface area (Å²) in [7, 11) is 3.32. The molecule has 0 heterocycles. The van der Waals surface area contributed by atoms with Crippen LogP contribution >= 0.6 is 27.5 Å². The fourth-order valence-electron chi connectivity index (χ4n) is 2.99. The number of ether oxygens (including phenoxy) is 3. The van der Waals surface area contributed by atoms with Gasteiger partial charge in [0, 0.05) is 23.7 Å². The number of nitrogens with one attached hydrogen (secondary N) is 1. The first-order chi connectivity index (χ1) is 14.1. The summed E-state index contributed by atoms with van der Waals surface area (Å²) in [5.41, 5.74) is 3.19. The molecule has 0 aliphatic rings. The van der Waals surface area contributed by atoms with Crippen LogP contribution in [0.5, 0.6) is 17.2 Å². The predicted molar refractivity (Wildman–Crippen MR) is 120 cm³/mol. The third-order valence-electron chi connectivity index (χ3n) is 4.40. The highest BCUT2D eigenvalue weighted by molar-refractivity contribution is 9.10. The largest absolute Gasteiger partial charge is 0.496 e. The Hall–Kier alpha value is -2.21. The van der Waals surface area contributed by atoms with E-state index in [1.54, 1.807) is 14.2 Å². The van der Waals surface area contributed by atoms with Gasteiger partial charge in [0.25, 0.3) is 0 Å². The highest BCUT2D eigenvalue weighted by Gasteiger charge is 2.12. The zero-order chi connectivity index (χ0) is 20.6. The standard InChI is InChI=1S/C23H23BrClNO3/c1-27-21-9-4-3-7-18(21)14-26-13-17-11-20(24)23(22(12-17)28-2)29-15-16-6-5-8-19(25)10-16/h3-12,26H,13-15H2,1-2H3. The van der Waals surface area contributed by atoms with Crippen molar-refractivity contribution in [3.05, 3.63) is 86.8 Å². The minimum absolute atomic E-state index is 0.404. The lowest BCUT2D eigenvalue weighted by atomic mass is 10.1. The minimum Gasteiger partial charge on any atom is -0.496 e. The Morgan fingerprint density at radius 1 is 0.862 bits per heavy atom. The maximum atomic E-state index is 6.04. The molecular weight excluding hydrogens is 454 g/mol. The van der Waals surface area contributed by atoms with Gasteiger partial charge in [0.15, 0.2) is 11.5 Å². The van der Waals surface area contributed by atoms with Crippen molar-refractivity contribution in [2.24, 2.45) is 0 Å². The molecule has 152 valence electrons. The van der Waals surface area contributed by atoms with Gasteiger partial charge in [-0.1, -0.05) is 41.9 Å². The summed E-state index contributed by atoms with van der Waals surface area (Å²) in [5.74, 6) is 2.22. The van der Waals surface area contributed by atoms with Crippen LogP contribution in [-0.4, -0.2) is 14.2 Å². The van der Waals surface area contributed by atoms with Gasteiger partial charge < -0.3 is 19.5 Å². The lowest BCUT2D eigenvalue weighted by Crippen LogP contribution is -2.13. The van der Waals surface area contributed by atoms with Crippen LogP contribution in [0.3, 0.4) is 0 Å². The zero-order valence-corrected chi connectivity index (χ0v) is 18.7. The fourth-order valence-corrected chi connectivity index (χ4v) is 3.80. The average Bonchev–Trinajstić information content (AvgIpc) is 2.73. The molecule has 0 fully saturated rings. The van der Waals surface area contributed by atoms with Crippen molar-refractivity contribution >= 4 is 27.5 Å². The molecule has 0 bridgehead atoms.